The molecule has 1 saturated heterocycles. The van der Waals surface area contributed by atoms with Gasteiger partial charge in [-0.2, -0.15) is 5.10 Å². The number of aliphatic hydroxyl groups is 1. The monoisotopic (exact) mass is 412 g/mol. The number of hydrogen-bond acceptors (Lipinski definition) is 4. The number of aliphatic imine (C=N–C) groups is 1. The van der Waals surface area contributed by atoms with Crippen molar-refractivity contribution in [3.05, 3.63) is 53.9 Å². The van der Waals surface area contributed by atoms with E-state index in [1.54, 1.807) is 17.8 Å². The lowest BCUT2D eigenvalue weighted by Gasteiger charge is -2.36. The lowest BCUT2D eigenvalue weighted by atomic mass is 10.00. The largest absolute Gasteiger partial charge is 0.383 e. The van der Waals surface area contributed by atoms with Crippen LogP contribution in [-0.4, -0.2) is 58.0 Å². The third-order valence-corrected chi connectivity index (χ3v) is 5.70. The first-order chi connectivity index (χ1) is 14.5. The number of guanidine groups is 1. The van der Waals surface area contributed by atoms with Gasteiger partial charge in [-0.1, -0.05) is 36.8 Å². The molecule has 0 bridgehead atoms. The predicted molar refractivity (Wildman–Crippen MR) is 121 cm³/mol. The fourth-order valence-electron chi connectivity index (χ4n) is 3.90. The van der Waals surface area contributed by atoms with Crippen molar-refractivity contribution in [2.45, 2.75) is 51.3 Å². The Labute approximate surface area is 180 Å². The molecule has 30 heavy (non-hydrogen) atoms. The van der Waals surface area contributed by atoms with Crippen molar-refractivity contribution in [2.75, 3.05) is 26.2 Å². The fraction of sp³-hybridized carbons (Fsp3) is 0.565. The van der Waals surface area contributed by atoms with Gasteiger partial charge in [0.2, 0.25) is 0 Å². The van der Waals surface area contributed by atoms with E-state index in [4.69, 9.17) is 0 Å². The maximum absolute atomic E-state index is 10.8. The van der Waals surface area contributed by atoms with Gasteiger partial charge in [-0.25, -0.2) is 4.99 Å². The maximum Gasteiger partial charge on any atom is 0.191 e. The number of benzene rings is 1. The molecule has 2 unspecified atom stereocenters. The van der Waals surface area contributed by atoms with Gasteiger partial charge in [-0.3, -0.25) is 9.58 Å². The van der Waals surface area contributed by atoms with Crippen LogP contribution in [0, 0.1) is 0 Å². The average Bonchev–Trinajstić information content (AvgIpc) is 3.19. The number of rotatable bonds is 8. The van der Waals surface area contributed by atoms with Crippen LogP contribution in [0.5, 0.6) is 0 Å². The summed E-state index contributed by atoms with van der Waals surface area (Å²) in [6.45, 7) is 7.83. The summed E-state index contributed by atoms with van der Waals surface area (Å²) >= 11 is 0. The SMILES string of the molecule is CCNC(=NCC(C)(O)c1cnn(C)c1)NCC1CCCCN1Cc1ccccc1. The van der Waals surface area contributed by atoms with Crippen LogP contribution >= 0.6 is 0 Å². The summed E-state index contributed by atoms with van der Waals surface area (Å²) in [6, 6.07) is 11.2. The first kappa shape index (κ1) is 22.3. The molecule has 0 spiro atoms. The molecule has 0 aliphatic carbocycles. The van der Waals surface area contributed by atoms with Crippen LogP contribution in [0.2, 0.25) is 0 Å². The molecule has 2 heterocycles. The molecule has 2 aromatic rings. The Balaban J connectivity index is 1.60. The number of aromatic nitrogens is 2. The van der Waals surface area contributed by atoms with E-state index in [0.29, 0.717) is 6.04 Å². The number of piperidine rings is 1. The highest BCUT2D eigenvalue weighted by Crippen LogP contribution is 2.21. The second kappa shape index (κ2) is 10.6. The quantitative estimate of drug-likeness (QED) is 0.458. The molecule has 1 fully saturated rings. The minimum atomic E-state index is -1.05. The highest BCUT2D eigenvalue weighted by atomic mass is 16.3. The molecule has 7 nitrogen and oxygen atoms in total. The first-order valence-corrected chi connectivity index (χ1v) is 11.0. The van der Waals surface area contributed by atoms with E-state index in [1.165, 1.54) is 24.8 Å². The van der Waals surface area contributed by atoms with Gasteiger partial charge in [0.1, 0.15) is 5.60 Å². The van der Waals surface area contributed by atoms with Crippen molar-refractivity contribution in [1.29, 1.82) is 0 Å². The van der Waals surface area contributed by atoms with Crippen LogP contribution in [-0.2, 0) is 19.2 Å². The summed E-state index contributed by atoms with van der Waals surface area (Å²) in [6.07, 6.45) is 7.23. The van der Waals surface area contributed by atoms with Crippen molar-refractivity contribution >= 4 is 5.96 Å². The smallest absolute Gasteiger partial charge is 0.191 e. The Kier molecular flexibility index (Phi) is 7.87. The zero-order valence-electron chi connectivity index (χ0n) is 18.5. The van der Waals surface area contributed by atoms with E-state index in [1.807, 2.05) is 13.2 Å². The van der Waals surface area contributed by atoms with E-state index in [-0.39, 0.29) is 6.54 Å². The van der Waals surface area contributed by atoms with Gasteiger partial charge in [0.05, 0.1) is 12.7 Å². The average molecular weight is 413 g/mol. The zero-order valence-corrected chi connectivity index (χ0v) is 18.5. The molecule has 2 atom stereocenters. The molecule has 0 amide bonds. The maximum atomic E-state index is 10.8. The molecule has 1 aliphatic heterocycles. The lowest BCUT2D eigenvalue weighted by molar-refractivity contribution is 0.0671. The van der Waals surface area contributed by atoms with Gasteiger partial charge in [-0.15, -0.1) is 0 Å². The number of nitrogens with one attached hydrogen (secondary N) is 2. The van der Waals surface area contributed by atoms with Crippen LogP contribution in [0.25, 0.3) is 0 Å². The zero-order chi connectivity index (χ0) is 21.4. The lowest BCUT2D eigenvalue weighted by Crippen LogP contribution is -2.49. The van der Waals surface area contributed by atoms with Gasteiger partial charge in [0.15, 0.2) is 5.96 Å². The minimum absolute atomic E-state index is 0.270. The molecule has 1 aliphatic rings. The Hall–Kier alpha value is -2.38. The molecular formula is C23H36N6O. The van der Waals surface area contributed by atoms with E-state index in [0.717, 1.165) is 37.7 Å². The number of hydrogen-bond donors (Lipinski definition) is 3. The van der Waals surface area contributed by atoms with E-state index in [2.05, 4.69) is 62.9 Å². The summed E-state index contributed by atoms with van der Waals surface area (Å²) in [5, 5.41) is 21.8. The molecular weight excluding hydrogens is 376 g/mol. The van der Waals surface area contributed by atoms with Crippen LogP contribution in [0.15, 0.2) is 47.7 Å². The fourth-order valence-corrected chi connectivity index (χ4v) is 3.90. The van der Waals surface area contributed by atoms with Crippen LogP contribution < -0.4 is 10.6 Å². The molecule has 3 rings (SSSR count). The summed E-state index contributed by atoms with van der Waals surface area (Å²) in [5.74, 6) is 0.742. The standard InChI is InChI=1S/C23H36N6O/c1-4-24-22(26-18-23(2,30)20-14-27-28(3)17-20)25-15-21-12-8-9-13-29(21)16-19-10-6-5-7-11-19/h5-7,10-11,14,17,21,30H,4,8-9,12-13,15-16,18H2,1-3H3,(H2,24,25,26). The van der Waals surface area contributed by atoms with Gasteiger partial charge in [0, 0.05) is 44.5 Å². The normalized spacial score (nSPS) is 20.0. The molecule has 164 valence electrons. The Morgan fingerprint density at radius 1 is 1.27 bits per heavy atom. The van der Waals surface area contributed by atoms with Crippen LogP contribution in [0.4, 0.5) is 0 Å². The molecule has 0 saturated carbocycles. The molecule has 3 N–H and O–H groups in total. The summed E-state index contributed by atoms with van der Waals surface area (Å²) < 4.78 is 1.70. The summed E-state index contributed by atoms with van der Waals surface area (Å²) in [5.41, 5.74) is 1.07. The molecule has 7 heteroatoms. The van der Waals surface area contributed by atoms with Crippen molar-refractivity contribution in [3.8, 4) is 0 Å². The molecule has 1 aromatic heterocycles. The van der Waals surface area contributed by atoms with Gasteiger partial charge >= 0.3 is 0 Å². The van der Waals surface area contributed by atoms with Crippen molar-refractivity contribution < 1.29 is 5.11 Å². The number of aryl methyl sites for hydroxylation is 1. The minimum Gasteiger partial charge on any atom is -0.383 e. The summed E-state index contributed by atoms with van der Waals surface area (Å²) in [4.78, 5) is 7.22. The Morgan fingerprint density at radius 3 is 2.77 bits per heavy atom. The van der Waals surface area contributed by atoms with E-state index >= 15 is 0 Å². The number of nitrogens with zero attached hydrogens (tertiary/aromatic N) is 4. The summed E-state index contributed by atoms with van der Waals surface area (Å²) in [7, 11) is 1.85. The van der Waals surface area contributed by atoms with Crippen LogP contribution in [0.1, 0.15) is 44.2 Å². The topological polar surface area (TPSA) is 77.7 Å². The molecule has 1 aromatic carbocycles. The van der Waals surface area contributed by atoms with Gasteiger partial charge < -0.3 is 15.7 Å². The Bertz CT molecular complexity index is 801. The van der Waals surface area contributed by atoms with Crippen molar-refractivity contribution in [2.24, 2.45) is 12.0 Å². The van der Waals surface area contributed by atoms with E-state index < -0.39 is 5.60 Å². The van der Waals surface area contributed by atoms with Crippen molar-refractivity contribution in [1.82, 2.24) is 25.3 Å². The third kappa shape index (κ3) is 6.31. The van der Waals surface area contributed by atoms with Crippen LogP contribution in [0.3, 0.4) is 0 Å². The number of likely N-dealkylation sites (tertiary alicyclic amines) is 1. The molecule has 0 radical (unpaired) electrons. The van der Waals surface area contributed by atoms with E-state index in [9.17, 15) is 5.11 Å². The highest BCUT2D eigenvalue weighted by molar-refractivity contribution is 5.79. The Morgan fingerprint density at radius 2 is 2.07 bits per heavy atom. The first-order valence-electron chi connectivity index (χ1n) is 11.0. The third-order valence-electron chi connectivity index (χ3n) is 5.70. The van der Waals surface area contributed by atoms with Gasteiger partial charge in [0.25, 0.3) is 0 Å². The predicted octanol–water partition coefficient (Wildman–Crippen LogP) is 2.24. The van der Waals surface area contributed by atoms with Crippen molar-refractivity contribution in [3.63, 3.8) is 0 Å². The second-order valence-corrected chi connectivity index (χ2v) is 8.36. The highest BCUT2D eigenvalue weighted by Gasteiger charge is 2.25. The second-order valence-electron chi connectivity index (χ2n) is 8.36. The van der Waals surface area contributed by atoms with Gasteiger partial charge in [-0.05, 0) is 38.8 Å².